The van der Waals surface area contributed by atoms with Gasteiger partial charge >= 0.3 is 0 Å². The van der Waals surface area contributed by atoms with E-state index in [-0.39, 0.29) is 11.6 Å². The van der Waals surface area contributed by atoms with Crippen molar-refractivity contribution in [2.75, 3.05) is 0 Å². The van der Waals surface area contributed by atoms with Crippen molar-refractivity contribution >= 4 is 0 Å². The Bertz CT molecular complexity index is 1550. The molecule has 4 fully saturated rings. The van der Waals surface area contributed by atoms with Crippen molar-refractivity contribution in [3.8, 4) is 23.7 Å². The van der Waals surface area contributed by atoms with Gasteiger partial charge in [0.25, 0.3) is 0 Å². The van der Waals surface area contributed by atoms with Gasteiger partial charge in [-0.3, -0.25) is 0 Å². The molecule has 0 saturated heterocycles. The second-order valence-corrected chi connectivity index (χ2v) is 19.2. The van der Waals surface area contributed by atoms with Crippen LogP contribution in [0.1, 0.15) is 210 Å². The Balaban J connectivity index is 0.000000221. The average Bonchev–Trinajstić information content (AvgIpc) is 3.24. The topological polar surface area (TPSA) is 0 Å². The SMILES string of the molecule is CCCCCCCC1CCC(C2CCC(C#Cc3ccc(CCC)c(F)c3)CC2)CC1.CCCCc1ccc(C#CC2CCC(C3CCC(C)CC3)CC2)cc1F. The van der Waals surface area contributed by atoms with Crippen molar-refractivity contribution in [1.29, 1.82) is 0 Å². The third-order valence-electron chi connectivity index (χ3n) is 14.8. The van der Waals surface area contributed by atoms with Crippen LogP contribution in [0.3, 0.4) is 0 Å². The lowest BCUT2D eigenvalue weighted by atomic mass is 9.69. The molecule has 4 aliphatic carbocycles. The number of hydrogen-bond acceptors (Lipinski definition) is 0. The minimum atomic E-state index is -0.0890. The predicted octanol–water partition coefficient (Wildman–Crippen LogP) is 16.3. The fourth-order valence-corrected chi connectivity index (χ4v) is 10.9. The van der Waals surface area contributed by atoms with Crippen LogP contribution >= 0.6 is 0 Å². The zero-order valence-corrected chi connectivity index (χ0v) is 36.9. The van der Waals surface area contributed by atoms with Crippen molar-refractivity contribution in [3.63, 3.8) is 0 Å². The molecule has 0 heterocycles. The highest BCUT2D eigenvalue weighted by Crippen LogP contribution is 2.43. The van der Waals surface area contributed by atoms with Gasteiger partial charge in [-0.25, -0.2) is 8.78 Å². The molecule has 0 nitrogen and oxygen atoms in total. The number of halogens is 2. The van der Waals surface area contributed by atoms with E-state index in [4.69, 9.17) is 0 Å². The lowest BCUT2D eigenvalue weighted by Crippen LogP contribution is -2.25. The Morgan fingerprint density at radius 2 is 0.912 bits per heavy atom. The molecule has 6 rings (SSSR count). The summed E-state index contributed by atoms with van der Waals surface area (Å²) in [6, 6.07) is 11.1. The van der Waals surface area contributed by atoms with Crippen LogP contribution in [0.15, 0.2) is 36.4 Å². The summed E-state index contributed by atoms with van der Waals surface area (Å²) in [4.78, 5) is 0. The molecule has 0 N–H and O–H groups in total. The minimum absolute atomic E-state index is 0.0829. The van der Waals surface area contributed by atoms with E-state index >= 15 is 0 Å². The summed E-state index contributed by atoms with van der Waals surface area (Å²) < 4.78 is 28.3. The summed E-state index contributed by atoms with van der Waals surface area (Å²) in [6.45, 7) is 8.93. The fraction of sp³-hybridized carbons (Fsp3) is 0.709. The molecule has 2 aromatic rings. The van der Waals surface area contributed by atoms with E-state index in [0.717, 1.165) is 89.9 Å². The van der Waals surface area contributed by atoms with Gasteiger partial charge in [-0.05, 0) is 167 Å². The van der Waals surface area contributed by atoms with E-state index in [1.165, 1.54) is 141 Å². The summed E-state index contributed by atoms with van der Waals surface area (Å²) in [6.07, 6.45) is 35.4. The van der Waals surface area contributed by atoms with E-state index in [1.807, 2.05) is 24.3 Å². The van der Waals surface area contributed by atoms with Gasteiger partial charge in [0, 0.05) is 23.0 Å². The molecule has 2 heteroatoms. The van der Waals surface area contributed by atoms with Crippen LogP contribution in [0.5, 0.6) is 0 Å². The van der Waals surface area contributed by atoms with Gasteiger partial charge in [0.2, 0.25) is 0 Å². The number of rotatable bonds is 13. The minimum Gasteiger partial charge on any atom is -0.207 e. The molecule has 0 aliphatic heterocycles. The second kappa shape index (κ2) is 25.1. The van der Waals surface area contributed by atoms with Gasteiger partial charge in [0.15, 0.2) is 0 Å². The van der Waals surface area contributed by atoms with Crippen molar-refractivity contribution in [2.45, 2.75) is 201 Å². The maximum atomic E-state index is 14.2. The molecule has 2 aromatic carbocycles. The van der Waals surface area contributed by atoms with E-state index in [0.29, 0.717) is 11.8 Å². The average molecular weight is 779 g/mol. The molecule has 57 heavy (non-hydrogen) atoms. The van der Waals surface area contributed by atoms with Crippen LogP contribution in [0.2, 0.25) is 0 Å². The first-order valence-electron chi connectivity index (χ1n) is 24.4. The Morgan fingerprint density at radius 3 is 1.37 bits per heavy atom. The first-order valence-corrected chi connectivity index (χ1v) is 24.4. The molecule has 4 aliphatic rings. The van der Waals surface area contributed by atoms with Crippen LogP contribution in [0.4, 0.5) is 8.78 Å². The molecular formula is C55H80F2. The maximum absolute atomic E-state index is 14.2. The molecule has 0 spiro atoms. The Hall–Kier alpha value is -2.58. The smallest absolute Gasteiger partial charge is 0.127 e. The predicted molar refractivity (Wildman–Crippen MR) is 240 cm³/mol. The standard InChI is InChI=1S/C30H45F.C25H35F/c1-3-5-6-7-8-10-24-13-18-27(19-14-24)28-20-15-25(16-21-28)11-12-26-17-22-29(9-4-2)30(31)23-26;1-3-4-5-24-17-12-21(18-25(24)26)9-8-20-10-15-23(16-11-20)22-13-6-19(2)7-14-22/h17,22-25,27-28H,3-10,13-16,18-21H2,1-2H3;12,17-20,22-23H,3-7,10-11,13-16H2,1-2H3. The molecular weight excluding hydrogens is 699 g/mol. The van der Waals surface area contributed by atoms with Gasteiger partial charge < -0.3 is 0 Å². The Labute approximate surface area is 349 Å². The van der Waals surface area contributed by atoms with Crippen molar-refractivity contribution in [2.24, 2.45) is 47.3 Å². The highest BCUT2D eigenvalue weighted by atomic mass is 19.1. The van der Waals surface area contributed by atoms with Gasteiger partial charge in [-0.2, -0.15) is 0 Å². The molecule has 0 unspecified atom stereocenters. The van der Waals surface area contributed by atoms with E-state index in [1.54, 1.807) is 12.1 Å². The second-order valence-electron chi connectivity index (χ2n) is 19.2. The fourth-order valence-electron chi connectivity index (χ4n) is 10.9. The van der Waals surface area contributed by atoms with Gasteiger partial charge in [0.05, 0.1) is 0 Å². The zero-order valence-electron chi connectivity index (χ0n) is 36.9. The summed E-state index contributed by atoms with van der Waals surface area (Å²) in [5.41, 5.74) is 3.33. The van der Waals surface area contributed by atoms with Gasteiger partial charge in [-0.1, -0.05) is 141 Å². The summed E-state index contributed by atoms with van der Waals surface area (Å²) >= 11 is 0. The van der Waals surface area contributed by atoms with Crippen LogP contribution in [-0.4, -0.2) is 0 Å². The summed E-state index contributed by atoms with van der Waals surface area (Å²) in [7, 11) is 0. The lowest BCUT2D eigenvalue weighted by Gasteiger charge is -2.37. The van der Waals surface area contributed by atoms with Crippen molar-refractivity contribution in [1.82, 2.24) is 0 Å². The van der Waals surface area contributed by atoms with E-state index in [9.17, 15) is 8.78 Å². The Kier molecular flexibility index (Phi) is 20.1. The molecule has 314 valence electrons. The number of hydrogen-bond donors (Lipinski definition) is 0. The third kappa shape index (κ3) is 15.5. The first kappa shape index (κ1) is 45.5. The summed E-state index contributed by atoms with van der Waals surface area (Å²) in [5.74, 6) is 20.1. The molecule has 0 bridgehead atoms. The van der Waals surface area contributed by atoms with E-state index in [2.05, 4.69) is 51.4 Å². The number of benzene rings is 2. The highest BCUT2D eigenvalue weighted by Gasteiger charge is 2.31. The zero-order chi connectivity index (χ0) is 40.2. The quantitative estimate of drug-likeness (QED) is 0.140. The number of aryl methyl sites for hydroxylation is 2. The van der Waals surface area contributed by atoms with Crippen molar-refractivity contribution in [3.05, 3.63) is 70.3 Å². The molecule has 0 atom stereocenters. The van der Waals surface area contributed by atoms with Crippen LogP contribution in [0.25, 0.3) is 0 Å². The molecule has 0 amide bonds. The van der Waals surface area contributed by atoms with Gasteiger partial charge in [-0.15, -0.1) is 0 Å². The highest BCUT2D eigenvalue weighted by molar-refractivity contribution is 5.38. The van der Waals surface area contributed by atoms with Crippen LogP contribution in [-0.2, 0) is 12.8 Å². The summed E-state index contributed by atoms with van der Waals surface area (Å²) in [5, 5.41) is 0. The van der Waals surface area contributed by atoms with Crippen LogP contribution < -0.4 is 0 Å². The van der Waals surface area contributed by atoms with E-state index < -0.39 is 0 Å². The molecule has 0 radical (unpaired) electrons. The van der Waals surface area contributed by atoms with Crippen molar-refractivity contribution < 1.29 is 8.78 Å². The first-order chi connectivity index (χ1) is 27.8. The number of unbranched alkanes of at least 4 members (excludes halogenated alkanes) is 5. The normalized spacial score (nSPS) is 27.5. The largest absolute Gasteiger partial charge is 0.207 e. The maximum Gasteiger partial charge on any atom is 0.127 e. The monoisotopic (exact) mass is 779 g/mol. The van der Waals surface area contributed by atoms with Gasteiger partial charge in [0.1, 0.15) is 11.6 Å². The third-order valence-corrected chi connectivity index (χ3v) is 14.8. The van der Waals surface area contributed by atoms with Crippen LogP contribution in [0, 0.1) is 82.7 Å². The Morgan fingerprint density at radius 1 is 0.474 bits per heavy atom. The molecule has 4 saturated carbocycles. The molecule has 0 aromatic heterocycles. The lowest BCUT2D eigenvalue weighted by molar-refractivity contribution is 0.153.